The average Bonchev–Trinajstić information content (AvgIpc) is 2.62. The molecule has 0 unspecified atom stereocenters. The molecule has 6 heteroatoms. The fraction of sp³-hybridized carbons (Fsp3) is 0.294. The van der Waals surface area contributed by atoms with Crippen LogP contribution in [0.25, 0.3) is 11.1 Å². The van der Waals surface area contributed by atoms with Gasteiger partial charge in [-0.2, -0.15) is 0 Å². The zero-order valence-corrected chi connectivity index (χ0v) is 13.1. The predicted molar refractivity (Wildman–Crippen MR) is 91.3 cm³/mol. The van der Waals surface area contributed by atoms with Crippen LogP contribution in [0.1, 0.15) is 0 Å². The van der Waals surface area contributed by atoms with Gasteiger partial charge in [0.2, 0.25) is 0 Å². The quantitative estimate of drug-likeness (QED) is 0.821. The molecule has 0 spiro atoms. The van der Waals surface area contributed by atoms with Crippen LogP contribution < -0.4 is 15.1 Å². The maximum absolute atomic E-state index is 9.77. The van der Waals surface area contributed by atoms with E-state index in [0.29, 0.717) is 18.7 Å². The summed E-state index contributed by atoms with van der Waals surface area (Å²) in [5.41, 5.74) is 3.30. The molecule has 120 valence electrons. The van der Waals surface area contributed by atoms with E-state index in [1.165, 1.54) is 0 Å². The second-order valence-corrected chi connectivity index (χ2v) is 5.48. The molecule has 1 saturated heterocycles. The summed E-state index contributed by atoms with van der Waals surface area (Å²) >= 11 is 0. The standard InChI is InChI=1S/C17H20BNO4/c1-22-15-5-2-13(3-6-15)14-4-7-17(16(12-14)18(20)21)19-8-10-23-11-9-19/h2-7,12,20-21H,8-11H2,1H3. The van der Waals surface area contributed by atoms with Crippen molar-refractivity contribution >= 4 is 18.3 Å². The highest BCUT2D eigenvalue weighted by atomic mass is 16.5. The third-order valence-corrected chi connectivity index (χ3v) is 4.08. The molecule has 1 heterocycles. The molecule has 1 aliphatic rings. The smallest absolute Gasteiger partial charge is 0.490 e. The van der Waals surface area contributed by atoms with Crippen LogP contribution in [0.3, 0.4) is 0 Å². The van der Waals surface area contributed by atoms with E-state index in [-0.39, 0.29) is 0 Å². The molecule has 0 saturated carbocycles. The first-order valence-electron chi connectivity index (χ1n) is 7.66. The molecule has 0 aliphatic carbocycles. The number of morpholine rings is 1. The number of rotatable bonds is 4. The summed E-state index contributed by atoms with van der Waals surface area (Å²) in [4.78, 5) is 2.12. The molecular formula is C17H20BNO4. The molecule has 1 fully saturated rings. The van der Waals surface area contributed by atoms with Crippen molar-refractivity contribution in [3.8, 4) is 16.9 Å². The Bertz CT molecular complexity index is 654. The molecule has 2 N–H and O–H groups in total. The monoisotopic (exact) mass is 313 g/mol. The van der Waals surface area contributed by atoms with Crippen LogP contribution in [0.15, 0.2) is 42.5 Å². The molecule has 2 aromatic rings. The lowest BCUT2D eigenvalue weighted by molar-refractivity contribution is 0.123. The van der Waals surface area contributed by atoms with Gasteiger partial charge >= 0.3 is 7.12 Å². The Morgan fingerprint density at radius 2 is 1.65 bits per heavy atom. The van der Waals surface area contributed by atoms with Gasteiger partial charge < -0.3 is 24.4 Å². The minimum absolute atomic E-state index is 0.514. The maximum Gasteiger partial charge on any atom is 0.490 e. The van der Waals surface area contributed by atoms with E-state index in [4.69, 9.17) is 9.47 Å². The molecule has 23 heavy (non-hydrogen) atoms. The Morgan fingerprint density at radius 1 is 1.00 bits per heavy atom. The van der Waals surface area contributed by atoms with Crippen molar-refractivity contribution < 1.29 is 19.5 Å². The van der Waals surface area contributed by atoms with Crippen LogP contribution in [0.5, 0.6) is 5.75 Å². The number of ether oxygens (including phenoxy) is 2. The van der Waals surface area contributed by atoms with Crippen molar-refractivity contribution in [1.29, 1.82) is 0 Å². The molecule has 5 nitrogen and oxygen atoms in total. The van der Waals surface area contributed by atoms with Gasteiger partial charge in [-0.05, 0) is 29.3 Å². The molecule has 0 atom stereocenters. The molecule has 2 aromatic carbocycles. The van der Waals surface area contributed by atoms with Crippen molar-refractivity contribution in [2.75, 3.05) is 38.3 Å². The van der Waals surface area contributed by atoms with Crippen LogP contribution in [-0.2, 0) is 4.74 Å². The molecule has 0 aromatic heterocycles. The summed E-state index contributed by atoms with van der Waals surface area (Å²) in [6.45, 7) is 2.81. The lowest BCUT2D eigenvalue weighted by Crippen LogP contribution is -2.42. The second kappa shape index (κ2) is 7.04. The van der Waals surface area contributed by atoms with Gasteiger partial charge in [0.15, 0.2) is 0 Å². The Balaban J connectivity index is 1.94. The Kier molecular flexibility index (Phi) is 4.86. The fourth-order valence-electron chi connectivity index (χ4n) is 2.82. The number of anilines is 1. The molecule has 1 aliphatic heterocycles. The van der Waals surface area contributed by atoms with Gasteiger partial charge in [-0.1, -0.05) is 24.3 Å². The highest BCUT2D eigenvalue weighted by Crippen LogP contribution is 2.24. The molecule has 0 amide bonds. The first-order valence-corrected chi connectivity index (χ1v) is 7.66. The van der Waals surface area contributed by atoms with Crippen LogP contribution in [0.2, 0.25) is 0 Å². The first-order chi connectivity index (χ1) is 11.2. The van der Waals surface area contributed by atoms with Gasteiger partial charge in [-0.15, -0.1) is 0 Å². The molecule has 3 rings (SSSR count). The van der Waals surface area contributed by atoms with E-state index in [1.807, 2.05) is 42.5 Å². The normalized spacial score (nSPS) is 14.7. The van der Waals surface area contributed by atoms with Gasteiger partial charge in [0.25, 0.3) is 0 Å². The zero-order valence-electron chi connectivity index (χ0n) is 13.1. The summed E-state index contributed by atoms with van der Waals surface area (Å²) in [7, 11) is 0.123. The molecule has 0 bridgehead atoms. The summed E-state index contributed by atoms with van der Waals surface area (Å²) in [6.07, 6.45) is 0. The van der Waals surface area contributed by atoms with Gasteiger partial charge in [0.05, 0.1) is 20.3 Å². The van der Waals surface area contributed by atoms with E-state index >= 15 is 0 Å². The third kappa shape index (κ3) is 3.50. The fourth-order valence-corrected chi connectivity index (χ4v) is 2.82. The summed E-state index contributed by atoms with van der Waals surface area (Å²) in [5.74, 6) is 0.793. The van der Waals surface area contributed by atoms with Crippen LogP contribution >= 0.6 is 0 Å². The average molecular weight is 313 g/mol. The lowest BCUT2D eigenvalue weighted by Gasteiger charge is -2.31. The van der Waals surface area contributed by atoms with E-state index in [9.17, 15) is 10.0 Å². The lowest BCUT2D eigenvalue weighted by atomic mass is 9.77. The topological polar surface area (TPSA) is 62.2 Å². The van der Waals surface area contributed by atoms with Crippen molar-refractivity contribution in [3.63, 3.8) is 0 Å². The largest absolute Gasteiger partial charge is 0.497 e. The number of nitrogens with zero attached hydrogens (tertiary/aromatic N) is 1. The highest BCUT2D eigenvalue weighted by Gasteiger charge is 2.22. The Labute approximate surface area is 136 Å². The van der Waals surface area contributed by atoms with E-state index < -0.39 is 7.12 Å². The zero-order chi connectivity index (χ0) is 16.2. The predicted octanol–water partition coefficient (Wildman–Crippen LogP) is 0.879. The van der Waals surface area contributed by atoms with Crippen LogP contribution in [0.4, 0.5) is 5.69 Å². The molecule has 0 radical (unpaired) electrons. The van der Waals surface area contributed by atoms with Crippen LogP contribution in [0, 0.1) is 0 Å². The number of benzene rings is 2. The van der Waals surface area contributed by atoms with Gasteiger partial charge in [0, 0.05) is 24.2 Å². The van der Waals surface area contributed by atoms with Gasteiger partial charge in [-0.25, -0.2) is 0 Å². The Morgan fingerprint density at radius 3 is 2.26 bits per heavy atom. The van der Waals surface area contributed by atoms with Crippen molar-refractivity contribution in [2.45, 2.75) is 0 Å². The third-order valence-electron chi connectivity index (χ3n) is 4.08. The molecular weight excluding hydrogens is 293 g/mol. The Hall–Kier alpha value is -2.02. The van der Waals surface area contributed by atoms with Crippen LogP contribution in [-0.4, -0.2) is 50.6 Å². The number of hydrogen-bond acceptors (Lipinski definition) is 5. The van der Waals surface area contributed by atoms with Crippen molar-refractivity contribution in [3.05, 3.63) is 42.5 Å². The highest BCUT2D eigenvalue weighted by molar-refractivity contribution is 6.60. The summed E-state index contributed by atoms with van der Waals surface area (Å²) < 4.78 is 10.5. The van der Waals surface area contributed by atoms with E-state index in [1.54, 1.807) is 7.11 Å². The van der Waals surface area contributed by atoms with E-state index in [0.717, 1.165) is 35.7 Å². The van der Waals surface area contributed by atoms with Gasteiger partial charge in [0.1, 0.15) is 5.75 Å². The summed E-state index contributed by atoms with van der Waals surface area (Å²) in [6, 6.07) is 13.5. The van der Waals surface area contributed by atoms with Crippen molar-refractivity contribution in [1.82, 2.24) is 0 Å². The van der Waals surface area contributed by atoms with Crippen molar-refractivity contribution in [2.24, 2.45) is 0 Å². The number of hydrogen-bond donors (Lipinski definition) is 2. The summed E-state index contributed by atoms with van der Waals surface area (Å²) in [5, 5.41) is 19.5. The first kappa shape index (κ1) is 15.9. The maximum atomic E-state index is 9.77. The second-order valence-electron chi connectivity index (χ2n) is 5.48. The van der Waals surface area contributed by atoms with Gasteiger partial charge in [-0.3, -0.25) is 0 Å². The minimum atomic E-state index is -1.51. The SMILES string of the molecule is COc1ccc(-c2ccc(N3CCOCC3)c(B(O)O)c2)cc1. The number of methoxy groups -OCH3 is 1. The minimum Gasteiger partial charge on any atom is -0.497 e. The van der Waals surface area contributed by atoms with E-state index in [2.05, 4.69) is 4.90 Å².